The van der Waals surface area contributed by atoms with Gasteiger partial charge in [0.05, 0.1) is 19.1 Å². The van der Waals surface area contributed by atoms with Gasteiger partial charge in [0.2, 0.25) is 5.91 Å². The molecule has 0 bridgehead atoms. The van der Waals surface area contributed by atoms with E-state index in [0.717, 1.165) is 29.2 Å². The Bertz CT molecular complexity index is 842. The standard InChI is InChI=1S/C21H23FN2O3/c1-26-18-5-6-20-15(11-18)9-16(13-27-20)21(25)24-8-7-23-12-19(24)14-3-2-4-17(22)10-14/h2-6,10-11,16,19,23H,7-9,12-13H2,1H3. The number of benzene rings is 2. The van der Waals surface area contributed by atoms with Gasteiger partial charge in [0.25, 0.3) is 0 Å². The van der Waals surface area contributed by atoms with Gasteiger partial charge in [0.15, 0.2) is 0 Å². The van der Waals surface area contributed by atoms with E-state index in [2.05, 4.69) is 5.32 Å². The minimum atomic E-state index is -0.285. The van der Waals surface area contributed by atoms with Crippen molar-refractivity contribution in [2.75, 3.05) is 33.4 Å². The molecular formula is C21H23FN2O3. The van der Waals surface area contributed by atoms with Crippen molar-refractivity contribution in [3.8, 4) is 11.5 Å². The summed E-state index contributed by atoms with van der Waals surface area (Å²) in [7, 11) is 1.62. The number of carbonyl (C=O) groups excluding carboxylic acids is 1. The Kier molecular flexibility index (Phi) is 4.99. The SMILES string of the molecule is COc1ccc2c(c1)CC(C(=O)N1CCNCC1c1cccc(F)c1)CO2. The normalized spacial score (nSPS) is 21.9. The minimum Gasteiger partial charge on any atom is -0.497 e. The van der Waals surface area contributed by atoms with Gasteiger partial charge in [-0.2, -0.15) is 0 Å². The third-order valence-corrected chi connectivity index (χ3v) is 5.28. The van der Waals surface area contributed by atoms with Crippen molar-refractivity contribution in [2.45, 2.75) is 12.5 Å². The fourth-order valence-electron chi connectivity index (χ4n) is 3.87. The first-order valence-electron chi connectivity index (χ1n) is 9.22. The summed E-state index contributed by atoms with van der Waals surface area (Å²) < 4.78 is 24.8. The number of hydrogen-bond donors (Lipinski definition) is 1. The number of piperazine rings is 1. The molecule has 5 nitrogen and oxygen atoms in total. The Balaban J connectivity index is 1.55. The molecule has 0 aromatic heterocycles. The highest BCUT2D eigenvalue weighted by atomic mass is 19.1. The maximum atomic E-state index is 13.7. The third kappa shape index (κ3) is 3.62. The van der Waals surface area contributed by atoms with Crippen LogP contribution < -0.4 is 14.8 Å². The molecular weight excluding hydrogens is 347 g/mol. The lowest BCUT2D eigenvalue weighted by molar-refractivity contribution is -0.140. The second kappa shape index (κ2) is 7.56. The zero-order valence-electron chi connectivity index (χ0n) is 15.3. The summed E-state index contributed by atoms with van der Waals surface area (Å²) in [5.41, 5.74) is 1.80. The summed E-state index contributed by atoms with van der Waals surface area (Å²) in [5, 5.41) is 3.31. The highest BCUT2D eigenvalue weighted by Crippen LogP contribution is 2.33. The zero-order chi connectivity index (χ0) is 18.8. The van der Waals surface area contributed by atoms with Gasteiger partial charge in [-0.15, -0.1) is 0 Å². The van der Waals surface area contributed by atoms with E-state index in [1.165, 1.54) is 12.1 Å². The molecule has 0 saturated carbocycles. The predicted molar refractivity (Wildman–Crippen MR) is 99.4 cm³/mol. The predicted octanol–water partition coefficient (Wildman–Crippen LogP) is 2.56. The highest BCUT2D eigenvalue weighted by Gasteiger charge is 2.35. The second-order valence-electron chi connectivity index (χ2n) is 6.99. The lowest BCUT2D eigenvalue weighted by Gasteiger charge is -2.39. The molecule has 0 spiro atoms. The molecule has 2 aromatic carbocycles. The van der Waals surface area contributed by atoms with Crippen LogP contribution >= 0.6 is 0 Å². The molecule has 2 aliphatic rings. The molecule has 1 amide bonds. The molecule has 2 heterocycles. The van der Waals surface area contributed by atoms with Crippen molar-refractivity contribution in [3.05, 3.63) is 59.4 Å². The van der Waals surface area contributed by atoms with E-state index in [4.69, 9.17) is 9.47 Å². The molecule has 1 N–H and O–H groups in total. The van der Waals surface area contributed by atoms with Gasteiger partial charge in [-0.25, -0.2) is 4.39 Å². The maximum absolute atomic E-state index is 13.7. The largest absolute Gasteiger partial charge is 0.497 e. The highest BCUT2D eigenvalue weighted by molar-refractivity contribution is 5.80. The van der Waals surface area contributed by atoms with Crippen molar-refractivity contribution in [1.82, 2.24) is 10.2 Å². The maximum Gasteiger partial charge on any atom is 0.230 e. The fourth-order valence-corrected chi connectivity index (χ4v) is 3.87. The molecule has 0 radical (unpaired) electrons. The number of fused-ring (bicyclic) bond motifs is 1. The number of rotatable bonds is 3. The van der Waals surface area contributed by atoms with Crippen LogP contribution in [-0.2, 0) is 11.2 Å². The van der Waals surface area contributed by atoms with Crippen LogP contribution in [0.4, 0.5) is 4.39 Å². The lowest BCUT2D eigenvalue weighted by atomic mass is 9.93. The molecule has 1 saturated heterocycles. The Hall–Kier alpha value is -2.60. The lowest BCUT2D eigenvalue weighted by Crippen LogP contribution is -2.51. The monoisotopic (exact) mass is 370 g/mol. The number of amides is 1. The summed E-state index contributed by atoms with van der Waals surface area (Å²) >= 11 is 0. The van der Waals surface area contributed by atoms with Crippen molar-refractivity contribution < 1.29 is 18.7 Å². The summed E-state index contributed by atoms with van der Waals surface area (Å²) in [4.78, 5) is 15.1. The van der Waals surface area contributed by atoms with Crippen molar-refractivity contribution in [1.29, 1.82) is 0 Å². The van der Waals surface area contributed by atoms with E-state index in [9.17, 15) is 9.18 Å². The number of methoxy groups -OCH3 is 1. The van der Waals surface area contributed by atoms with Crippen molar-refractivity contribution in [2.24, 2.45) is 5.92 Å². The molecule has 6 heteroatoms. The first-order valence-corrected chi connectivity index (χ1v) is 9.22. The van der Waals surface area contributed by atoms with Gasteiger partial charge in [0.1, 0.15) is 23.9 Å². The van der Waals surface area contributed by atoms with Crippen LogP contribution in [0.15, 0.2) is 42.5 Å². The molecule has 0 aliphatic carbocycles. The average Bonchev–Trinajstić information content (AvgIpc) is 2.72. The number of carbonyl (C=O) groups is 1. The third-order valence-electron chi connectivity index (χ3n) is 5.28. The smallest absolute Gasteiger partial charge is 0.230 e. The van der Waals surface area contributed by atoms with Gasteiger partial charge in [0, 0.05) is 19.6 Å². The van der Waals surface area contributed by atoms with Gasteiger partial charge >= 0.3 is 0 Å². The minimum absolute atomic E-state index is 0.0548. The van der Waals surface area contributed by atoms with Gasteiger partial charge in [-0.3, -0.25) is 4.79 Å². The van der Waals surface area contributed by atoms with E-state index in [0.29, 0.717) is 26.1 Å². The van der Waals surface area contributed by atoms with Crippen LogP contribution in [0, 0.1) is 11.7 Å². The number of hydrogen-bond acceptors (Lipinski definition) is 4. The van der Waals surface area contributed by atoms with Crippen LogP contribution in [0.2, 0.25) is 0 Å². The second-order valence-corrected chi connectivity index (χ2v) is 6.99. The summed E-state index contributed by atoms with van der Waals surface area (Å²) in [5.74, 6) is 1.08. The van der Waals surface area contributed by atoms with Crippen LogP contribution in [0.25, 0.3) is 0 Å². The molecule has 27 heavy (non-hydrogen) atoms. The first kappa shape index (κ1) is 17.8. The first-order chi connectivity index (χ1) is 13.2. The number of ether oxygens (including phenoxy) is 2. The number of halogens is 1. The van der Waals surface area contributed by atoms with E-state index in [-0.39, 0.29) is 23.7 Å². The summed E-state index contributed by atoms with van der Waals surface area (Å²) in [6, 6.07) is 12.0. The fraction of sp³-hybridized carbons (Fsp3) is 0.381. The van der Waals surface area contributed by atoms with E-state index < -0.39 is 0 Å². The Morgan fingerprint density at radius 2 is 2.19 bits per heavy atom. The Morgan fingerprint density at radius 3 is 3.00 bits per heavy atom. The van der Waals surface area contributed by atoms with E-state index >= 15 is 0 Å². The van der Waals surface area contributed by atoms with E-state index in [1.54, 1.807) is 13.2 Å². The van der Waals surface area contributed by atoms with Gasteiger partial charge < -0.3 is 19.7 Å². The van der Waals surface area contributed by atoms with Gasteiger partial charge in [-0.1, -0.05) is 12.1 Å². The molecule has 2 atom stereocenters. The summed E-state index contributed by atoms with van der Waals surface area (Å²) in [6.07, 6.45) is 0.616. The van der Waals surface area contributed by atoms with Crippen LogP contribution in [-0.4, -0.2) is 44.2 Å². The topological polar surface area (TPSA) is 50.8 Å². The van der Waals surface area contributed by atoms with Crippen LogP contribution in [0.3, 0.4) is 0 Å². The molecule has 142 valence electrons. The molecule has 2 aromatic rings. The Labute approximate surface area is 158 Å². The quantitative estimate of drug-likeness (QED) is 0.902. The van der Waals surface area contributed by atoms with Crippen LogP contribution in [0.1, 0.15) is 17.2 Å². The van der Waals surface area contributed by atoms with Gasteiger partial charge in [-0.05, 0) is 47.9 Å². The Morgan fingerprint density at radius 1 is 1.30 bits per heavy atom. The van der Waals surface area contributed by atoms with E-state index in [1.807, 2.05) is 29.2 Å². The summed E-state index contributed by atoms with van der Waals surface area (Å²) in [6.45, 7) is 2.31. The molecule has 2 unspecified atom stereocenters. The number of nitrogens with one attached hydrogen (secondary N) is 1. The van der Waals surface area contributed by atoms with Crippen molar-refractivity contribution >= 4 is 5.91 Å². The van der Waals surface area contributed by atoms with Crippen molar-refractivity contribution in [3.63, 3.8) is 0 Å². The zero-order valence-corrected chi connectivity index (χ0v) is 15.3. The average molecular weight is 370 g/mol. The molecule has 4 rings (SSSR count). The number of nitrogens with zero attached hydrogens (tertiary/aromatic N) is 1. The molecule has 1 fully saturated rings. The van der Waals surface area contributed by atoms with Crippen LogP contribution in [0.5, 0.6) is 11.5 Å². The molecule has 2 aliphatic heterocycles.